The van der Waals surface area contributed by atoms with Crippen LogP contribution in [0.5, 0.6) is 0 Å². The van der Waals surface area contributed by atoms with Crippen LogP contribution in [0.15, 0.2) is 30.3 Å². The molecule has 2 nitrogen and oxygen atoms in total. The van der Waals surface area contributed by atoms with Crippen molar-refractivity contribution in [3.8, 4) is 0 Å². The number of carbonyl (C=O) groups is 1. The molecular weight excluding hydrogens is 231 g/mol. The SMILES string of the molecule is O=C(c1ccccc1)N1CCC(C(F)(F)F)C1. The van der Waals surface area contributed by atoms with Crippen LogP contribution in [0.4, 0.5) is 13.2 Å². The Morgan fingerprint density at radius 3 is 2.41 bits per heavy atom. The molecule has 1 aromatic rings. The largest absolute Gasteiger partial charge is 0.393 e. The number of hydrogen-bond acceptors (Lipinski definition) is 1. The van der Waals surface area contributed by atoms with Gasteiger partial charge >= 0.3 is 6.18 Å². The van der Waals surface area contributed by atoms with E-state index in [2.05, 4.69) is 0 Å². The first-order valence-electron chi connectivity index (χ1n) is 5.39. The topological polar surface area (TPSA) is 20.3 Å². The quantitative estimate of drug-likeness (QED) is 0.742. The van der Waals surface area contributed by atoms with Gasteiger partial charge in [-0.15, -0.1) is 0 Å². The maximum atomic E-state index is 12.5. The Bertz CT molecular complexity index is 402. The normalized spacial score (nSPS) is 20.6. The second-order valence-corrected chi connectivity index (χ2v) is 4.14. The van der Waals surface area contributed by atoms with Crippen LogP contribution in [-0.2, 0) is 0 Å². The third-order valence-electron chi connectivity index (χ3n) is 2.96. The van der Waals surface area contributed by atoms with Crippen LogP contribution < -0.4 is 0 Å². The highest BCUT2D eigenvalue weighted by atomic mass is 19.4. The van der Waals surface area contributed by atoms with Crippen molar-refractivity contribution in [2.75, 3.05) is 13.1 Å². The van der Waals surface area contributed by atoms with Crippen molar-refractivity contribution < 1.29 is 18.0 Å². The van der Waals surface area contributed by atoms with Crippen molar-refractivity contribution in [3.05, 3.63) is 35.9 Å². The van der Waals surface area contributed by atoms with Gasteiger partial charge in [-0.25, -0.2) is 0 Å². The summed E-state index contributed by atoms with van der Waals surface area (Å²) in [6.45, 7) is -0.0465. The molecule has 1 amide bonds. The van der Waals surface area contributed by atoms with Crippen molar-refractivity contribution in [1.82, 2.24) is 4.90 Å². The lowest BCUT2D eigenvalue weighted by molar-refractivity contribution is -0.169. The molecule has 0 aliphatic carbocycles. The molecule has 0 bridgehead atoms. The Kier molecular flexibility index (Phi) is 3.09. The van der Waals surface area contributed by atoms with Gasteiger partial charge in [0.1, 0.15) is 0 Å². The van der Waals surface area contributed by atoms with Gasteiger partial charge in [-0.2, -0.15) is 13.2 Å². The Hall–Kier alpha value is -1.52. The average molecular weight is 243 g/mol. The zero-order chi connectivity index (χ0) is 12.5. The molecular formula is C12H12F3NO. The van der Waals surface area contributed by atoms with Crippen LogP contribution in [0.2, 0.25) is 0 Å². The first-order chi connectivity index (χ1) is 7.98. The highest BCUT2D eigenvalue weighted by Gasteiger charge is 2.44. The lowest BCUT2D eigenvalue weighted by Crippen LogP contribution is -2.31. The summed E-state index contributed by atoms with van der Waals surface area (Å²) in [5, 5.41) is 0. The summed E-state index contributed by atoms with van der Waals surface area (Å²) in [5.74, 6) is -1.70. The molecule has 0 N–H and O–H groups in total. The molecule has 5 heteroatoms. The molecule has 0 saturated carbocycles. The molecule has 92 valence electrons. The van der Waals surface area contributed by atoms with Gasteiger partial charge in [0.2, 0.25) is 0 Å². The fourth-order valence-corrected chi connectivity index (χ4v) is 1.98. The zero-order valence-electron chi connectivity index (χ0n) is 9.07. The minimum absolute atomic E-state index is 0.00206. The van der Waals surface area contributed by atoms with Gasteiger partial charge in [0.05, 0.1) is 5.92 Å². The third kappa shape index (κ3) is 2.60. The van der Waals surface area contributed by atoms with E-state index in [0.717, 1.165) is 0 Å². The number of rotatable bonds is 1. The summed E-state index contributed by atoms with van der Waals surface area (Å²) < 4.78 is 37.4. The van der Waals surface area contributed by atoms with E-state index < -0.39 is 12.1 Å². The van der Waals surface area contributed by atoms with Crippen molar-refractivity contribution >= 4 is 5.91 Å². The molecule has 2 rings (SSSR count). The van der Waals surface area contributed by atoms with Crippen molar-refractivity contribution in [2.24, 2.45) is 5.92 Å². The summed E-state index contributed by atoms with van der Waals surface area (Å²) in [6, 6.07) is 8.39. The van der Waals surface area contributed by atoms with Crippen LogP contribution in [0, 0.1) is 5.92 Å². The number of benzene rings is 1. The monoisotopic (exact) mass is 243 g/mol. The number of likely N-dealkylation sites (tertiary alicyclic amines) is 1. The van der Waals surface area contributed by atoms with Crippen molar-refractivity contribution in [1.29, 1.82) is 0 Å². The number of nitrogens with zero attached hydrogens (tertiary/aromatic N) is 1. The van der Waals surface area contributed by atoms with Crippen LogP contribution in [0.1, 0.15) is 16.8 Å². The predicted octanol–water partition coefficient (Wildman–Crippen LogP) is 2.71. The van der Waals surface area contributed by atoms with Crippen LogP contribution in [-0.4, -0.2) is 30.1 Å². The summed E-state index contributed by atoms with van der Waals surface area (Å²) in [4.78, 5) is 13.1. The van der Waals surface area contributed by atoms with Gasteiger partial charge in [-0.05, 0) is 18.6 Å². The number of halogens is 3. The van der Waals surface area contributed by atoms with E-state index in [4.69, 9.17) is 0 Å². The lowest BCUT2D eigenvalue weighted by atomic mass is 10.1. The van der Waals surface area contributed by atoms with E-state index >= 15 is 0 Å². The number of hydrogen-bond donors (Lipinski definition) is 0. The number of alkyl halides is 3. The Morgan fingerprint density at radius 2 is 1.88 bits per heavy atom. The highest BCUT2D eigenvalue weighted by molar-refractivity contribution is 5.94. The maximum absolute atomic E-state index is 12.5. The molecule has 1 saturated heterocycles. The van der Waals surface area contributed by atoms with Crippen molar-refractivity contribution in [2.45, 2.75) is 12.6 Å². The van der Waals surface area contributed by atoms with Gasteiger partial charge in [-0.1, -0.05) is 18.2 Å². The van der Waals surface area contributed by atoms with E-state index in [1.165, 1.54) is 4.90 Å². The Balaban J connectivity index is 2.05. The molecule has 1 atom stereocenters. The van der Waals surface area contributed by atoms with Crippen molar-refractivity contribution in [3.63, 3.8) is 0 Å². The van der Waals surface area contributed by atoms with Gasteiger partial charge in [-0.3, -0.25) is 4.79 Å². The average Bonchev–Trinajstić information content (AvgIpc) is 2.78. The van der Waals surface area contributed by atoms with Crippen LogP contribution in [0.3, 0.4) is 0 Å². The first kappa shape index (κ1) is 12.0. The second kappa shape index (κ2) is 4.39. The molecule has 1 fully saturated rings. The molecule has 0 spiro atoms. The number of carbonyl (C=O) groups excluding carboxylic acids is 1. The van der Waals surface area contributed by atoms with Gasteiger partial charge in [0.25, 0.3) is 5.91 Å². The second-order valence-electron chi connectivity index (χ2n) is 4.14. The van der Waals surface area contributed by atoms with Gasteiger partial charge < -0.3 is 4.90 Å². The fourth-order valence-electron chi connectivity index (χ4n) is 1.98. The molecule has 1 aliphatic heterocycles. The summed E-state index contributed by atoms with van der Waals surface area (Å²) in [7, 11) is 0. The Morgan fingerprint density at radius 1 is 1.24 bits per heavy atom. The first-order valence-corrected chi connectivity index (χ1v) is 5.39. The van der Waals surface area contributed by atoms with Crippen LogP contribution in [0.25, 0.3) is 0 Å². The van der Waals surface area contributed by atoms with Crippen LogP contribution >= 0.6 is 0 Å². The van der Waals surface area contributed by atoms with Gasteiger partial charge in [0.15, 0.2) is 0 Å². The van der Waals surface area contributed by atoms with Gasteiger partial charge in [0, 0.05) is 18.7 Å². The Labute approximate surface area is 97.0 Å². The molecule has 1 unspecified atom stereocenters. The fraction of sp³-hybridized carbons (Fsp3) is 0.417. The van der Waals surface area contributed by atoms with E-state index in [1.807, 2.05) is 0 Å². The minimum atomic E-state index is -4.20. The summed E-state index contributed by atoms with van der Waals surface area (Å²) in [6.07, 6.45) is -4.20. The zero-order valence-corrected chi connectivity index (χ0v) is 9.07. The van der Waals surface area contributed by atoms with E-state index in [1.54, 1.807) is 30.3 Å². The van der Waals surface area contributed by atoms with E-state index in [0.29, 0.717) is 5.56 Å². The standard InChI is InChI=1S/C12H12F3NO/c13-12(14,15)10-6-7-16(8-10)11(17)9-4-2-1-3-5-9/h1-5,10H,6-8H2. The van der Waals surface area contributed by atoms with E-state index in [9.17, 15) is 18.0 Å². The molecule has 1 aromatic carbocycles. The minimum Gasteiger partial charge on any atom is -0.338 e. The lowest BCUT2D eigenvalue weighted by Gasteiger charge is -2.17. The number of amides is 1. The summed E-state index contributed by atoms with van der Waals surface area (Å²) >= 11 is 0. The molecule has 0 aromatic heterocycles. The summed E-state index contributed by atoms with van der Waals surface area (Å²) in [5.41, 5.74) is 0.440. The third-order valence-corrected chi connectivity index (χ3v) is 2.96. The predicted molar refractivity (Wildman–Crippen MR) is 56.5 cm³/mol. The smallest absolute Gasteiger partial charge is 0.338 e. The maximum Gasteiger partial charge on any atom is 0.393 e. The van der Waals surface area contributed by atoms with E-state index in [-0.39, 0.29) is 25.4 Å². The molecule has 17 heavy (non-hydrogen) atoms. The molecule has 0 radical (unpaired) electrons. The highest BCUT2D eigenvalue weighted by Crippen LogP contribution is 2.33. The molecule has 1 heterocycles. The molecule has 1 aliphatic rings.